The number of nitrogens with zero attached hydrogens (tertiary/aromatic N) is 5. The third kappa shape index (κ3) is 6.89. The average molecular weight is 582 g/mol. The van der Waals surface area contributed by atoms with Gasteiger partial charge in [0.1, 0.15) is 29.0 Å². The summed E-state index contributed by atoms with van der Waals surface area (Å²) >= 11 is 0. The molecule has 41 heavy (non-hydrogen) atoms. The van der Waals surface area contributed by atoms with Gasteiger partial charge in [-0.05, 0) is 74.7 Å². The van der Waals surface area contributed by atoms with Crippen LogP contribution in [0, 0.1) is 5.92 Å². The zero-order valence-electron chi connectivity index (χ0n) is 25.2. The zero-order valence-corrected chi connectivity index (χ0v) is 25.2. The minimum absolute atomic E-state index is 0.0656. The summed E-state index contributed by atoms with van der Waals surface area (Å²) in [5.41, 5.74) is -1.93. The number of rotatable bonds is 3. The molecule has 1 aliphatic heterocycles. The van der Waals surface area contributed by atoms with Crippen molar-refractivity contribution in [3.8, 4) is 0 Å². The molecule has 12 heteroatoms. The minimum Gasteiger partial charge on any atom is -0.460 e. The number of carbonyl (C=O) groups is 2. The van der Waals surface area contributed by atoms with Crippen molar-refractivity contribution in [3.05, 3.63) is 18.1 Å². The molecule has 2 aliphatic rings. The molecule has 0 spiro atoms. The monoisotopic (exact) mass is 581 g/mol. The van der Waals surface area contributed by atoms with Crippen molar-refractivity contribution in [1.29, 1.82) is 0 Å². The molecule has 4 rings (SSSR count). The Morgan fingerprint density at radius 2 is 1.59 bits per heavy atom. The van der Waals surface area contributed by atoms with E-state index in [2.05, 4.69) is 9.97 Å². The first-order valence-corrected chi connectivity index (χ1v) is 14.3. The highest BCUT2D eigenvalue weighted by atomic mass is 19.4. The fourth-order valence-corrected chi connectivity index (χ4v) is 5.79. The summed E-state index contributed by atoms with van der Waals surface area (Å²) < 4.78 is 56.2. The topological polar surface area (TPSA) is 89.8 Å². The van der Waals surface area contributed by atoms with E-state index >= 15 is 0 Å². The van der Waals surface area contributed by atoms with Crippen LogP contribution < -0.4 is 4.90 Å². The zero-order chi connectivity index (χ0) is 30.5. The van der Waals surface area contributed by atoms with E-state index in [1.165, 1.54) is 6.33 Å². The van der Waals surface area contributed by atoms with Crippen LogP contribution in [0.3, 0.4) is 0 Å². The Morgan fingerprint density at radius 3 is 2.20 bits per heavy atom. The SMILES string of the molecule is C[C@@H]1CN(c2ncnc3c2c(C(F)(F)F)cn3C2CCCC(C(=O)OC(C)(C)C)C2)[C@@H](C)CN1C(=O)OC(C)(C)C. The van der Waals surface area contributed by atoms with Gasteiger partial charge in [0.25, 0.3) is 0 Å². The fourth-order valence-electron chi connectivity index (χ4n) is 5.79. The van der Waals surface area contributed by atoms with Crippen molar-refractivity contribution in [2.75, 3.05) is 18.0 Å². The molecule has 0 N–H and O–H groups in total. The predicted molar refractivity (Wildman–Crippen MR) is 149 cm³/mol. The number of alkyl halides is 3. The molecule has 1 saturated heterocycles. The summed E-state index contributed by atoms with van der Waals surface area (Å²) in [6.45, 7) is 15.0. The van der Waals surface area contributed by atoms with Gasteiger partial charge in [0.05, 0.1) is 16.9 Å². The van der Waals surface area contributed by atoms with E-state index in [9.17, 15) is 22.8 Å². The Balaban J connectivity index is 1.69. The standard InChI is InChI=1S/C29H42F3N5O4/c1-17-14-36(26(39)41-28(6,7)8)18(2)13-35(17)23-22-21(29(30,31)32)15-37(24(22)34-16-33-23)20-11-9-10-19(12-20)25(38)40-27(3,4)5/h15-20H,9-14H2,1-8H3/t17-,18+,19?,20?/m0/s1. The quantitative estimate of drug-likeness (QED) is 0.390. The van der Waals surface area contributed by atoms with Crippen molar-refractivity contribution in [1.82, 2.24) is 19.4 Å². The van der Waals surface area contributed by atoms with Gasteiger partial charge in [-0.25, -0.2) is 14.8 Å². The van der Waals surface area contributed by atoms with Crippen LogP contribution in [0.2, 0.25) is 0 Å². The summed E-state index contributed by atoms with van der Waals surface area (Å²) in [5, 5.41) is -0.0656. The van der Waals surface area contributed by atoms with Gasteiger partial charge in [-0.3, -0.25) is 4.79 Å². The number of piperazine rings is 1. The largest absolute Gasteiger partial charge is 0.460 e. The number of halogens is 3. The van der Waals surface area contributed by atoms with Crippen molar-refractivity contribution in [2.24, 2.45) is 5.92 Å². The Kier molecular flexibility index (Phi) is 8.27. The Morgan fingerprint density at radius 1 is 0.927 bits per heavy atom. The molecule has 1 aliphatic carbocycles. The van der Waals surface area contributed by atoms with E-state index < -0.39 is 35.0 Å². The van der Waals surface area contributed by atoms with Gasteiger partial charge in [-0.15, -0.1) is 0 Å². The van der Waals surface area contributed by atoms with Crippen LogP contribution in [0.25, 0.3) is 11.0 Å². The Bertz CT molecular complexity index is 1280. The number of aromatic nitrogens is 3. The second kappa shape index (κ2) is 11.0. The smallest absolute Gasteiger partial charge is 0.418 e. The summed E-state index contributed by atoms with van der Waals surface area (Å²) in [6, 6.07) is -0.995. The highest BCUT2D eigenvalue weighted by Gasteiger charge is 2.42. The maximum Gasteiger partial charge on any atom is 0.418 e. The van der Waals surface area contributed by atoms with E-state index in [-0.39, 0.29) is 54.0 Å². The Hall–Kier alpha value is -3.05. The molecule has 1 amide bonds. The molecule has 2 aromatic heterocycles. The minimum atomic E-state index is -4.64. The average Bonchev–Trinajstić information content (AvgIpc) is 3.24. The van der Waals surface area contributed by atoms with E-state index in [1.54, 1.807) is 51.0 Å². The number of anilines is 1. The van der Waals surface area contributed by atoms with Gasteiger partial charge in [0.15, 0.2) is 0 Å². The van der Waals surface area contributed by atoms with E-state index in [1.807, 2.05) is 18.7 Å². The van der Waals surface area contributed by atoms with Crippen LogP contribution in [-0.2, 0) is 20.4 Å². The van der Waals surface area contributed by atoms with Gasteiger partial charge < -0.3 is 23.8 Å². The first-order valence-electron chi connectivity index (χ1n) is 14.3. The summed E-state index contributed by atoms with van der Waals surface area (Å²) in [5.74, 6) is -0.540. The lowest BCUT2D eigenvalue weighted by molar-refractivity contribution is -0.161. The van der Waals surface area contributed by atoms with Crippen LogP contribution in [-0.4, -0.2) is 67.9 Å². The predicted octanol–water partition coefficient (Wildman–Crippen LogP) is 6.36. The van der Waals surface area contributed by atoms with Gasteiger partial charge in [-0.1, -0.05) is 6.42 Å². The number of carbonyl (C=O) groups excluding carboxylic acids is 2. The van der Waals surface area contributed by atoms with E-state index in [0.29, 0.717) is 25.7 Å². The van der Waals surface area contributed by atoms with Crippen molar-refractivity contribution < 1.29 is 32.2 Å². The Labute approximate surface area is 239 Å². The van der Waals surface area contributed by atoms with Crippen LogP contribution in [0.5, 0.6) is 0 Å². The van der Waals surface area contributed by atoms with Gasteiger partial charge in [0.2, 0.25) is 0 Å². The molecule has 9 nitrogen and oxygen atoms in total. The third-order valence-electron chi connectivity index (χ3n) is 7.56. The maximum absolute atomic E-state index is 14.5. The molecule has 228 valence electrons. The highest BCUT2D eigenvalue weighted by Crippen LogP contribution is 2.44. The third-order valence-corrected chi connectivity index (χ3v) is 7.56. The number of amides is 1. The molecule has 0 bridgehead atoms. The second-order valence-electron chi connectivity index (χ2n) is 13.4. The van der Waals surface area contributed by atoms with Crippen molar-refractivity contribution in [3.63, 3.8) is 0 Å². The lowest BCUT2D eigenvalue weighted by atomic mass is 9.85. The van der Waals surface area contributed by atoms with Gasteiger partial charge >= 0.3 is 18.2 Å². The molecular weight excluding hydrogens is 539 g/mol. The molecule has 1 saturated carbocycles. The number of hydrogen-bond donors (Lipinski definition) is 0. The summed E-state index contributed by atoms with van der Waals surface area (Å²) in [7, 11) is 0. The lowest BCUT2D eigenvalue weighted by Crippen LogP contribution is -2.59. The highest BCUT2D eigenvalue weighted by molar-refractivity contribution is 5.92. The molecule has 4 atom stereocenters. The molecular formula is C29H42F3N5O4. The van der Waals surface area contributed by atoms with E-state index in [0.717, 1.165) is 6.20 Å². The summed E-state index contributed by atoms with van der Waals surface area (Å²) in [4.78, 5) is 37.7. The molecule has 0 aromatic carbocycles. The molecule has 2 fully saturated rings. The van der Waals surface area contributed by atoms with Crippen LogP contribution in [0.4, 0.5) is 23.8 Å². The molecule has 2 aromatic rings. The van der Waals surface area contributed by atoms with E-state index in [4.69, 9.17) is 9.47 Å². The maximum atomic E-state index is 14.5. The molecule has 0 radical (unpaired) electrons. The van der Waals surface area contributed by atoms with Gasteiger partial charge in [0, 0.05) is 37.4 Å². The van der Waals surface area contributed by atoms with Crippen LogP contribution >= 0.6 is 0 Å². The molecule has 2 unspecified atom stereocenters. The van der Waals surface area contributed by atoms with Crippen molar-refractivity contribution in [2.45, 2.75) is 117 Å². The number of fused-ring (bicyclic) bond motifs is 1. The number of hydrogen-bond acceptors (Lipinski definition) is 7. The first kappa shape index (κ1) is 30.9. The van der Waals surface area contributed by atoms with Crippen LogP contribution in [0.1, 0.15) is 92.7 Å². The number of esters is 1. The number of ether oxygens (including phenoxy) is 2. The normalized spacial score (nSPS) is 24.5. The van der Waals surface area contributed by atoms with Crippen molar-refractivity contribution >= 4 is 28.9 Å². The lowest BCUT2D eigenvalue weighted by Gasteiger charge is -2.44. The van der Waals surface area contributed by atoms with Crippen LogP contribution in [0.15, 0.2) is 12.5 Å². The van der Waals surface area contributed by atoms with Gasteiger partial charge in [-0.2, -0.15) is 13.2 Å². The fraction of sp³-hybridized carbons (Fsp3) is 0.724. The first-order chi connectivity index (χ1) is 18.9. The summed E-state index contributed by atoms with van der Waals surface area (Å²) in [6.07, 6.45) is -0.364. The molecule has 3 heterocycles. The second-order valence-corrected chi connectivity index (χ2v) is 13.4.